The van der Waals surface area contributed by atoms with Gasteiger partial charge in [-0.25, -0.2) is 13.8 Å². The van der Waals surface area contributed by atoms with E-state index in [1.54, 1.807) is 23.3 Å². The van der Waals surface area contributed by atoms with Crippen LogP contribution in [0.25, 0.3) is 15.9 Å². The third kappa shape index (κ3) is 4.56. The van der Waals surface area contributed by atoms with Crippen LogP contribution in [0.1, 0.15) is 11.1 Å². The minimum atomic E-state index is -0.605. The van der Waals surface area contributed by atoms with E-state index in [-0.39, 0.29) is 12.5 Å². The van der Waals surface area contributed by atoms with Crippen molar-refractivity contribution in [3.8, 4) is 5.69 Å². The normalized spacial score (nSPS) is 14.5. The lowest BCUT2D eigenvalue weighted by molar-refractivity contribution is -0.133. The zero-order valence-electron chi connectivity index (χ0n) is 19.3. The molecule has 1 fully saturated rings. The first kappa shape index (κ1) is 23.2. The fraction of sp³-hybridized carbons (Fsp3) is 0.269. The molecule has 5 rings (SSSR count). The molecule has 9 heteroatoms. The third-order valence-corrected chi connectivity index (χ3v) is 7.31. The summed E-state index contributed by atoms with van der Waals surface area (Å²) in [6, 6.07) is 15.8. The second kappa shape index (κ2) is 9.59. The first-order valence-corrected chi connectivity index (χ1v) is 12.3. The Morgan fingerprint density at radius 2 is 1.74 bits per heavy atom. The number of aryl methyl sites for hydroxylation is 1. The number of carbonyl (C=O) groups is 1. The van der Waals surface area contributed by atoms with Crippen molar-refractivity contribution >= 4 is 27.5 Å². The molecule has 1 aliphatic heterocycles. The molecule has 0 bridgehead atoms. The Morgan fingerprint density at radius 1 is 1.00 bits per heavy atom. The second-order valence-corrected chi connectivity index (χ2v) is 9.63. The number of aromatic nitrogens is 2. The number of hydrogen-bond acceptors (Lipinski definition) is 5. The molecule has 0 N–H and O–H groups in total. The van der Waals surface area contributed by atoms with Crippen molar-refractivity contribution < 1.29 is 9.18 Å². The summed E-state index contributed by atoms with van der Waals surface area (Å²) in [7, 11) is 0. The van der Waals surface area contributed by atoms with E-state index in [9.17, 15) is 18.8 Å². The van der Waals surface area contributed by atoms with Gasteiger partial charge < -0.3 is 4.90 Å². The molecule has 4 aromatic rings. The minimum Gasteiger partial charge on any atom is -0.339 e. The van der Waals surface area contributed by atoms with Crippen LogP contribution >= 0.6 is 11.3 Å². The molecule has 0 spiro atoms. The van der Waals surface area contributed by atoms with Gasteiger partial charge in [0.25, 0.3) is 5.56 Å². The Kier molecular flexibility index (Phi) is 6.36. The first-order chi connectivity index (χ1) is 16.9. The highest BCUT2D eigenvalue weighted by molar-refractivity contribution is 7.17. The molecule has 2 aromatic heterocycles. The van der Waals surface area contributed by atoms with Gasteiger partial charge in [-0.3, -0.25) is 19.1 Å². The van der Waals surface area contributed by atoms with Gasteiger partial charge in [-0.15, -0.1) is 11.3 Å². The van der Waals surface area contributed by atoms with Crippen LogP contribution in [-0.2, 0) is 17.9 Å². The SMILES string of the molecule is Cc1cc(F)ccc1-n1c(=O)c2sccc2n(CC(=O)N2CCN(Cc3ccccc3)CC2)c1=O. The lowest BCUT2D eigenvalue weighted by Crippen LogP contribution is -2.50. The van der Waals surface area contributed by atoms with E-state index in [2.05, 4.69) is 17.0 Å². The Labute approximate surface area is 205 Å². The average molecular weight is 493 g/mol. The zero-order chi connectivity index (χ0) is 24.5. The van der Waals surface area contributed by atoms with Gasteiger partial charge in [0, 0.05) is 32.7 Å². The van der Waals surface area contributed by atoms with Crippen molar-refractivity contribution in [1.82, 2.24) is 18.9 Å². The van der Waals surface area contributed by atoms with Crippen LogP contribution in [-0.4, -0.2) is 51.0 Å². The summed E-state index contributed by atoms with van der Waals surface area (Å²) < 4.78 is 16.4. The van der Waals surface area contributed by atoms with Crippen LogP contribution in [0.5, 0.6) is 0 Å². The lowest BCUT2D eigenvalue weighted by atomic mass is 10.2. The fourth-order valence-corrected chi connectivity index (χ4v) is 5.38. The molecule has 0 atom stereocenters. The molecule has 0 unspecified atom stereocenters. The predicted octanol–water partition coefficient (Wildman–Crippen LogP) is 3.01. The second-order valence-electron chi connectivity index (χ2n) is 8.72. The molecule has 0 radical (unpaired) electrons. The maximum atomic E-state index is 13.7. The van der Waals surface area contributed by atoms with Gasteiger partial charge in [0.15, 0.2) is 0 Å². The summed E-state index contributed by atoms with van der Waals surface area (Å²) >= 11 is 1.22. The largest absolute Gasteiger partial charge is 0.339 e. The topological polar surface area (TPSA) is 67.6 Å². The molecule has 2 aromatic carbocycles. The summed E-state index contributed by atoms with van der Waals surface area (Å²) in [5.74, 6) is -0.613. The van der Waals surface area contributed by atoms with Crippen molar-refractivity contribution in [3.05, 3.63) is 97.8 Å². The minimum absolute atomic E-state index is 0.161. The maximum Gasteiger partial charge on any atom is 0.336 e. The van der Waals surface area contributed by atoms with Crippen LogP contribution in [0.2, 0.25) is 0 Å². The van der Waals surface area contributed by atoms with E-state index in [0.717, 1.165) is 24.2 Å². The standard InChI is InChI=1S/C26H25FN4O3S/c1-18-15-20(27)7-8-21(18)31-25(33)24-22(9-14-35-24)30(26(31)34)17-23(32)29-12-10-28(11-13-29)16-19-5-3-2-4-6-19/h2-9,14-15H,10-13,16-17H2,1H3. The molecule has 3 heterocycles. The van der Waals surface area contributed by atoms with Gasteiger partial charge in [0.2, 0.25) is 5.91 Å². The van der Waals surface area contributed by atoms with Crippen LogP contribution in [0, 0.1) is 12.7 Å². The van der Waals surface area contributed by atoms with Gasteiger partial charge in [-0.1, -0.05) is 30.3 Å². The first-order valence-electron chi connectivity index (χ1n) is 11.5. The molecule has 1 amide bonds. The number of thiophene rings is 1. The zero-order valence-corrected chi connectivity index (χ0v) is 20.1. The maximum absolute atomic E-state index is 13.7. The molecular formula is C26H25FN4O3S. The van der Waals surface area contributed by atoms with Gasteiger partial charge in [-0.2, -0.15) is 0 Å². The fourth-order valence-electron chi connectivity index (χ4n) is 4.55. The molecule has 35 heavy (non-hydrogen) atoms. The average Bonchev–Trinajstić information content (AvgIpc) is 3.34. The Bertz CT molecular complexity index is 1500. The number of rotatable bonds is 5. The smallest absolute Gasteiger partial charge is 0.336 e. The van der Waals surface area contributed by atoms with Crippen molar-refractivity contribution in [1.29, 1.82) is 0 Å². The van der Waals surface area contributed by atoms with E-state index in [1.165, 1.54) is 39.7 Å². The molecule has 180 valence electrons. The monoisotopic (exact) mass is 492 g/mol. The van der Waals surface area contributed by atoms with Crippen molar-refractivity contribution in [2.24, 2.45) is 0 Å². The quantitative estimate of drug-likeness (QED) is 0.430. The van der Waals surface area contributed by atoms with Gasteiger partial charge >= 0.3 is 5.69 Å². The van der Waals surface area contributed by atoms with E-state index < -0.39 is 17.1 Å². The number of benzene rings is 2. The van der Waals surface area contributed by atoms with Crippen LogP contribution < -0.4 is 11.2 Å². The van der Waals surface area contributed by atoms with Crippen LogP contribution in [0.15, 0.2) is 69.6 Å². The van der Waals surface area contributed by atoms with Crippen molar-refractivity contribution in [2.75, 3.05) is 26.2 Å². The summed E-state index contributed by atoms with van der Waals surface area (Å²) in [6.45, 7) is 4.96. The predicted molar refractivity (Wildman–Crippen MR) is 135 cm³/mol. The molecule has 0 saturated carbocycles. The number of halogens is 1. The molecular weight excluding hydrogens is 467 g/mol. The lowest BCUT2D eigenvalue weighted by Gasteiger charge is -2.35. The number of hydrogen-bond donors (Lipinski definition) is 0. The molecule has 0 aliphatic carbocycles. The third-order valence-electron chi connectivity index (χ3n) is 6.42. The molecule has 1 saturated heterocycles. The van der Waals surface area contributed by atoms with E-state index in [1.807, 2.05) is 18.2 Å². The number of nitrogens with zero attached hydrogens (tertiary/aromatic N) is 4. The van der Waals surface area contributed by atoms with E-state index in [0.29, 0.717) is 34.6 Å². The number of fused-ring (bicyclic) bond motifs is 1. The van der Waals surface area contributed by atoms with Crippen LogP contribution in [0.3, 0.4) is 0 Å². The van der Waals surface area contributed by atoms with Gasteiger partial charge in [0.05, 0.1) is 11.2 Å². The Balaban J connectivity index is 1.40. The molecule has 7 nitrogen and oxygen atoms in total. The Hall–Kier alpha value is -3.56. The highest BCUT2D eigenvalue weighted by Gasteiger charge is 2.24. The highest BCUT2D eigenvalue weighted by atomic mass is 32.1. The van der Waals surface area contributed by atoms with Gasteiger partial charge in [-0.05, 0) is 47.7 Å². The number of amides is 1. The summed E-state index contributed by atoms with van der Waals surface area (Å²) in [5, 5.41) is 1.73. The molecule has 1 aliphatic rings. The summed E-state index contributed by atoms with van der Waals surface area (Å²) in [4.78, 5) is 43.9. The van der Waals surface area contributed by atoms with Crippen molar-refractivity contribution in [3.63, 3.8) is 0 Å². The number of carbonyl (C=O) groups excluding carboxylic acids is 1. The highest BCUT2D eigenvalue weighted by Crippen LogP contribution is 2.19. The van der Waals surface area contributed by atoms with E-state index in [4.69, 9.17) is 0 Å². The summed E-state index contributed by atoms with van der Waals surface area (Å²) in [5.41, 5.74) is 1.38. The Morgan fingerprint density at radius 3 is 2.46 bits per heavy atom. The van der Waals surface area contributed by atoms with Crippen molar-refractivity contribution in [2.45, 2.75) is 20.0 Å². The van der Waals surface area contributed by atoms with Crippen LogP contribution in [0.4, 0.5) is 4.39 Å². The van der Waals surface area contributed by atoms with E-state index >= 15 is 0 Å². The number of piperazine rings is 1. The summed E-state index contributed by atoms with van der Waals surface area (Å²) in [6.07, 6.45) is 0. The van der Waals surface area contributed by atoms with Gasteiger partial charge in [0.1, 0.15) is 17.1 Å².